The lowest BCUT2D eigenvalue weighted by Gasteiger charge is -2.10. The number of rotatable bonds is 3. The third-order valence-corrected chi connectivity index (χ3v) is 2.61. The number of nitrogens with zero attached hydrogens (tertiary/aromatic N) is 2. The smallest absolute Gasteiger partial charge is 0.240 e. The summed E-state index contributed by atoms with van der Waals surface area (Å²) in [5.41, 5.74) is 5.79. The molecule has 1 aromatic carbocycles. The van der Waals surface area contributed by atoms with E-state index in [4.69, 9.17) is 21.9 Å². The lowest BCUT2D eigenvalue weighted by molar-refractivity contribution is -0.114. The number of nitrogens with one attached hydrogen (secondary N) is 1. The van der Waals surface area contributed by atoms with Crippen LogP contribution in [0.5, 0.6) is 5.75 Å². The van der Waals surface area contributed by atoms with Gasteiger partial charge in [0.1, 0.15) is 5.75 Å². The van der Waals surface area contributed by atoms with E-state index in [0.29, 0.717) is 0 Å². The van der Waals surface area contributed by atoms with Crippen molar-refractivity contribution in [1.82, 2.24) is 10.1 Å². The summed E-state index contributed by atoms with van der Waals surface area (Å²) in [5, 5.41) is 16.3. The highest BCUT2D eigenvalue weighted by Crippen LogP contribution is 2.39. The van der Waals surface area contributed by atoms with Crippen molar-refractivity contribution in [2.45, 2.75) is 13.5 Å². The third-order valence-electron chi connectivity index (χ3n) is 2.30. The van der Waals surface area contributed by atoms with E-state index in [9.17, 15) is 9.90 Å². The number of carbonyl (C=O) groups excluding carboxylic acids is 1. The fraction of sp³-hybridized carbons (Fsp3) is 0.182. The molecule has 1 aromatic heterocycles. The summed E-state index contributed by atoms with van der Waals surface area (Å²) >= 11 is 6.06. The first-order valence-electron chi connectivity index (χ1n) is 5.35. The molecule has 19 heavy (non-hydrogen) atoms. The molecule has 4 N–H and O–H groups in total. The van der Waals surface area contributed by atoms with Crippen LogP contribution in [0.15, 0.2) is 16.7 Å². The molecule has 0 spiro atoms. The molecule has 2 rings (SSSR count). The minimum absolute atomic E-state index is 0.0822. The van der Waals surface area contributed by atoms with Gasteiger partial charge in [-0.3, -0.25) is 4.79 Å². The van der Waals surface area contributed by atoms with Gasteiger partial charge in [-0.25, -0.2) is 0 Å². The van der Waals surface area contributed by atoms with Crippen molar-refractivity contribution in [1.29, 1.82) is 0 Å². The quantitative estimate of drug-likeness (QED) is 0.735. The predicted molar refractivity (Wildman–Crippen MR) is 68.6 cm³/mol. The zero-order valence-corrected chi connectivity index (χ0v) is 10.7. The molecule has 0 bridgehead atoms. The molecule has 0 fully saturated rings. The molecule has 8 heteroatoms. The molecule has 0 atom stereocenters. The average molecular weight is 283 g/mol. The first kappa shape index (κ1) is 13.3. The van der Waals surface area contributed by atoms with Crippen LogP contribution in [0.2, 0.25) is 5.02 Å². The summed E-state index contributed by atoms with van der Waals surface area (Å²) in [7, 11) is 0. The number of aromatic nitrogens is 2. The second-order valence-electron chi connectivity index (χ2n) is 3.71. The van der Waals surface area contributed by atoms with Crippen molar-refractivity contribution in [3.8, 4) is 17.1 Å². The summed E-state index contributed by atoms with van der Waals surface area (Å²) < 4.78 is 4.88. The molecule has 100 valence electrons. The molecule has 0 aliphatic rings. The minimum Gasteiger partial charge on any atom is -0.506 e. The Bertz CT molecular complexity index is 626. The largest absolute Gasteiger partial charge is 0.506 e. The second-order valence-corrected chi connectivity index (χ2v) is 4.12. The highest BCUT2D eigenvalue weighted by molar-refractivity contribution is 6.34. The van der Waals surface area contributed by atoms with Gasteiger partial charge in [0, 0.05) is 6.92 Å². The number of nitrogens with two attached hydrogens (primary N) is 1. The van der Waals surface area contributed by atoms with Crippen LogP contribution in [0.3, 0.4) is 0 Å². The van der Waals surface area contributed by atoms with Crippen LogP contribution in [0.25, 0.3) is 11.4 Å². The molecule has 0 aliphatic heterocycles. The molecule has 1 heterocycles. The SMILES string of the molecule is CC(=O)Nc1c(O)ccc(Cl)c1-c1noc(CN)n1. The standard InChI is InChI=1S/C11H11ClN4O3/c1-5(17)14-10-7(18)3-2-6(12)9(10)11-15-8(4-13)19-16-11/h2-3,18H,4,13H2,1H3,(H,14,17). The minimum atomic E-state index is -0.360. The number of benzene rings is 1. The third kappa shape index (κ3) is 2.67. The average Bonchev–Trinajstić information content (AvgIpc) is 2.82. The number of aromatic hydroxyl groups is 1. The van der Waals surface area contributed by atoms with Crippen LogP contribution in [-0.4, -0.2) is 21.2 Å². The van der Waals surface area contributed by atoms with Crippen molar-refractivity contribution in [2.24, 2.45) is 5.73 Å². The van der Waals surface area contributed by atoms with Crippen LogP contribution in [-0.2, 0) is 11.3 Å². The fourth-order valence-electron chi connectivity index (χ4n) is 1.53. The summed E-state index contributed by atoms with van der Waals surface area (Å²) in [6, 6.07) is 2.83. The highest BCUT2D eigenvalue weighted by Gasteiger charge is 2.19. The van der Waals surface area contributed by atoms with Crippen LogP contribution in [0.4, 0.5) is 5.69 Å². The summed E-state index contributed by atoms with van der Waals surface area (Å²) in [6.07, 6.45) is 0. The van der Waals surface area contributed by atoms with E-state index in [0.717, 1.165) is 0 Å². The van der Waals surface area contributed by atoms with Gasteiger partial charge >= 0.3 is 0 Å². The normalized spacial score (nSPS) is 10.5. The van der Waals surface area contributed by atoms with Crippen LogP contribution in [0.1, 0.15) is 12.8 Å². The number of carbonyl (C=O) groups is 1. The second kappa shape index (κ2) is 5.25. The number of hydrogen-bond acceptors (Lipinski definition) is 6. The van der Waals surface area contributed by atoms with E-state index in [1.807, 2.05) is 0 Å². The Balaban J connectivity index is 2.59. The van der Waals surface area contributed by atoms with Crippen molar-refractivity contribution >= 4 is 23.2 Å². The molecule has 0 saturated carbocycles. The van der Waals surface area contributed by atoms with Crippen molar-refractivity contribution in [3.63, 3.8) is 0 Å². The summed E-state index contributed by atoms with van der Waals surface area (Å²) in [6.45, 7) is 1.39. The zero-order valence-electron chi connectivity index (χ0n) is 9.98. The molecule has 0 saturated heterocycles. The van der Waals surface area contributed by atoms with Gasteiger partial charge in [0.2, 0.25) is 17.6 Å². The number of anilines is 1. The molecule has 1 amide bonds. The van der Waals surface area contributed by atoms with Gasteiger partial charge in [-0.2, -0.15) is 4.98 Å². The number of hydrogen-bond donors (Lipinski definition) is 3. The molecule has 2 aromatic rings. The van der Waals surface area contributed by atoms with Crippen LogP contribution >= 0.6 is 11.6 Å². The first-order chi connectivity index (χ1) is 9.02. The fourth-order valence-corrected chi connectivity index (χ4v) is 1.77. The number of phenolic OH excluding ortho intramolecular Hbond substituents is 1. The van der Waals surface area contributed by atoms with E-state index in [1.165, 1.54) is 19.1 Å². The monoisotopic (exact) mass is 282 g/mol. The molecule has 0 unspecified atom stereocenters. The maximum atomic E-state index is 11.2. The Kier molecular flexibility index (Phi) is 3.68. The van der Waals surface area contributed by atoms with Crippen molar-refractivity contribution in [3.05, 3.63) is 23.0 Å². The van der Waals surface area contributed by atoms with Gasteiger partial charge in [0.15, 0.2) is 0 Å². The molecular formula is C11H11ClN4O3. The zero-order chi connectivity index (χ0) is 14.0. The number of halogens is 1. The Morgan fingerprint density at radius 2 is 2.32 bits per heavy atom. The summed E-state index contributed by atoms with van der Waals surface area (Å²) in [4.78, 5) is 15.2. The lowest BCUT2D eigenvalue weighted by atomic mass is 10.1. The Hall–Kier alpha value is -2.12. The Morgan fingerprint density at radius 1 is 1.58 bits per heavy atom. The van der Waals surface area contributed by atoms with Gasteiger partial charge in [-0.1, -0.05) is 16.8 Å². The van der Waals surface area contributed by atoms with Gasteiger partial charge < -0.3 is 20.7 Å². The van der Waals surface area contributed by atoms with Crippen molar-refractivity contribution < 1.29 is 14.4 Å². The van der Waals surface area contributed by atoms with Gasteiger partial charge in [-0.05, 0) is 12.1 Å². The highest BCUT2D eigenvalue weighted by atomic mass is 35.5. The molecule has 0 radical (unpaired) electrons. The number of phenols is 1. The van der Waals surface area contributed by atoms with Gasteiger partial charge in [0.25, 0.3) is 0 Å². The van der Waals surface area contributed by atoms with Crippen molar-refractivity contribution in [2.75, 3.05) is 5.32 Å². The first-order valence-corrected chi connectivity index (χ1v) is 5.72. The Morgan fingerprint density at radius 3 is 2.89 bits per heavy atom. The van der Waals surface area contributed by atoms with Gasteiger partial charge in [-0.15, -0.1) is 0 Å². The summed E-state index contributed by atoms with van der Waals surface area (Å²) in [5.74, 6) is -0.136. The molecule has 7 nitrogen and oxygen atoms in total. The van der Waals surface area contributed by atoms with E-state index in [1.54, 1.807) is 0 Å². The predicted octanol–water partition coefficient (Wildman–Crippen LogP) is 1.51. The maximum absolute atomic E-state index is 11.2. The topological polar surface area (TPSA) is 114 Å². The van der Waals surface area contributed by atoms with Gasteiger partial charge in [0.05, 0.1) is 22.8 Å². The van der Waals surface area contributed by atoms with Crippen LogP contribution in [0, 0.1) is 0 Å². The lowest BCUT2D eigenvalue weighted by Crippen LogP contribution is -2.08. The Labute approximate surface area is 113 Å². The maximum Gasteiger partial charge on any atom is 0.240 e. The van der Waals surface area contributed by atoms with E-state index >= 15 is 0 Å². The van der Waals surface area contributed by atoms with E-state index in [2.05, 4.69) is 15.5 Å². The molecular weight excluding hydrogens is 272 g/mol. The van der Waals surface area contributed by atoms with E-state index in [-0.39, 0.29) is 46.2 Å². The van der Waals surface area contributed by atoms with E-state index < -0.39 is 0 Å². The molecule has 0 aliphatic carbocycles. The van der Waals surface area contributed by atoms with Crippen LogP contribution < -0.4 is 11.1 Å². The number of amides is 1.